The van der Waals surface area contributed by atoms with Crippen LogP contribution in [0.1, 0.15) is 21.6 Å². The Morgan fingerprint density at radius 2 is 1.97 bits per heavy atom. The fraction of sp³-hybridized carbons (Fsp3) is 0.0417. The second-order valence-corrected chi connectivity index (χ2v) is 7.21. The normalized spacial score (nSPS) is 10.8. The summed E-state index contributed by atoms with van der Waals surface area (Å²) < 4.78 is 5.92. The first-order valence-electron chi connectivity index (χ1n) is 9.80. The van der Waals surface area contributed by atoms with Crippen molar-refractivity contribution < 1.29 is 9.21 Å². The number of carbonyl (C=O) groups is 1. The number of nitrogens with one attached hydrogen (secondary N) is 2. The van der Waals surface area contributed by atoms with E-state index in [0.29, 0.717) is 28.4 Å². The number of fused-ring (bicyclic) bond motifs is 1. The van der Waals surface area contributed by atoms with Crippen LogP contribution in [0.25, 0.3) is 33.8 Å². The van der Waals surface area contributed by atoms with E-state index < -0.39 is 0 Å². The summed E-state index contributed by atoms with van der Waals surface area (Å²) in [6, 6.07) is 18.2. The van der Waals surface area contributed by atoms with Crippen molar-refractivity contribution in [2.45, 2.75) is 6.92 Å². The van der Waals surface area contributed by atoms with Crippen LogP contribution >= 0.6 is 0 Å². The number of oxazole rings is 1. The Bertz CT molecular complexity index is 1470. The zero-order valence-corrected chi connectivity index (χ0v) is 17.0. The highest BCUT2D eigenvalue weighted by Gasteiger charge is 2.16. The second-order valence-electron chi connectivity index (χ2n) is 7.21. The van der Waals surface area contributed by atoms with Crippen molar-refractivity contribution in [2.75, 3.05) is 5.32 Å². The van der Waals surface area contributed by atoms with Crippen molar-refractivity contribution in [3.63, 3.8) is 0 Å². The van der Waals surface area contributed by atoms with Gasteiger partial charge in [0.25, 0.3) is 5.91 Å². The van der Waals surface area contributed by atoms with Crippen LogP contribution < -0.4 is 5.32 Å². The van der Waals surface area contributed by atoms with Crippen LogP contribution in [0.4, 0.5) is 5.69 Å². The predicted octanol–water partition coefficient (Wildman–Crippen LogP) is 4.71. The molecular formula is C24H16N6O2. The lowest BCUT2D eigenvalue weighted by Crippen LogP contribution is -2.12. The molecule has 0 fully saturated rings. The first-order valence-corrected chi connectivity index (χ1v) is 9.80. The standard InChI is InChI=1S/C24H16N6O2/c1-14-2-9-21-20(10-14)29-24(32-21)19-13-27-30-22(19)15-3-6-17(7-4-15)28-23(31)16-5-8-18(11-25)26-12-16/h2-10,12-13H,1H3,(H,27,30)(H,28,31). The third kappa shape index (κ3) is 3.59. The van der Waals surface area contributed by atoms with Gasteiger partial charge in [-0.1, -0.05) is 18.2 Å². The van der Waals surface area contributed by atoms with Crippen molar-refractivity contribution in [1.82, 2.24) is 20.2 Å². The zero-order chi connectivity index (χ0) is 22.1. The Morgan fingerprint density at radius 3 is 2.72 bits per heavy atom. The highest BCUT2D eigenvalue weighted by atomic mass is 16.3. The maximum atomic E-state index is 12.4. The molecule has 0 saturated heterocycles. The molecule has 3 heterocycles. The first-order chi connectivity index (χ1) is 15.6. The largest absolute Gasteiger partial charge is 0.436 e. The van der Waals surface area contributed by atoms with E-state index in [1.807, 2.05) is 43.3 Å². The number of H-pyrrole nitrogens is 1. The number of nitrogens with zero attached hydrogens (tertiary/aromatic N) is 4. The molecule has 0 spiro atoms. The van der Waals surface area contributed by atoms with Crippen molar-refractivity contribution in [3.8, 4) is 28.8 Å². The van der Waals surface area contributed by atoms with E-state index in [9.17, 15) is 4.79 Å². The van der Waals surface area contributed by atoms with E-state index in [1.165, 1.54) is 12.3 Å². The SMILES string of the molecule is Cc1ccc2oc(-c3c[nH]nc3-c3ccc(NC(=O)c4ccc(C#N)nc4)cc3)nc2c1. The smallest absolute Gasteiger partial charge is 0.257 e. The predicted molar refractivity (Wildman–Crippen MR) is 119 cm³/mol. The summed E-state index contributed by atoms with van der Waals surface area (Å²) in [7, 11) is 0. The number of hydrogen-bond acceptors (Lipinski definition) is 6. The minimum atomic E-state index is -0.308. The van der Waals surface area contributed by atoms with Gasteiger partial charge in [-0.2, -0.15) is 10.4 Å². The molecule has 0 aliphatic carbocycles. The highest BCUT2D eigenvalue weighted by molar-refractivity contribution is 6.04. The van der Waals surface area contributed by atoms with E-state index in [1.54, 1.807) is 24.4 Å². The number of aryl methyl sites for hydroxylation is 1. The first kappa shape index (κ1) is 19.2. The third-order valence-electron chi connectivity index (χ3n) is 4.97. The molecule has 2 aromatic carbocycles. The van der Waals surface area contributed by atoms with Crippen molar-refractivity contribution in [1.29, 1.82) is 5.26 Å². The number of aromatic nitrogens is 4. The molecule has 8 heteroatoms. The molecule has 3 aromatic heterocycles. The molecule has 8 nitrogen and oxygen atoms in total. The average Bonchev–Trinajstić information content (AvgIpc) is 3.46. The van der Waals surface area contributed by atoms with Crippen LogP contribution in [-0.4, -0.2) is 26.1 Å². The molecule has 0 unspecified atom stereocenters. The van der Waals surface area contributed by atoms with E-state index in [-0.39, 0.29) is 11.6 Å². The molecule has 32 heavy (non-hydrogen) atoms. The average molecular weight is 420 g/mol. The van der Waals surface area contributed by atoms with Crippen molar-refractivity contribution in [2.24, 2.45) is 0 Å². The van der Waals surface area contributed by atoms with Crippen LogP contribution in [0.3, 0.4) is 0 Å². The summed E-state index contributed by atoms with van der Waals surface area (Å²) >= 11 is 0. The number of nitriles is 1. The molecular weight excluding hydrogens is 404 g/mol. The number of hydrogen-bond donors (Lipinski definition) is 2. The zero-order valence-electron chi connectivity index (χ0n) is 17.0. The Balaban J connectivity index is 1.38. The Morgan fingerprint density at radius 1 is 1.12 bits per heavy atom. The number of anilines is 1. The molecule has 1 amide bonds. The maximum absolute atomic E-state index is 12.4. The molecule has 0 aliphatic rings. The van der Waals surface area contributed by atoms with Crippen molar-refractivity contribution in [3.05, 3.63) is 83.8 Å². The molecule has 5 rings (SSSR count). The molecule has 0 saturated carbocycles. The summed E-state index contributed by atoms with van der Waals surface area (Å²) in [4.78, 5) is 20.9. The van der Waals surface area contributed by atoms with Gasteiger partial charge in [0.2, 0.25) is 5.89 Å². The molecule has 154 valence electrons. The maximum Gasteiger partial charge on any atom is 0.257 e. The van der Waals surface area contributed by atoms with E-state index in [4.69, 9.17) is 9.68 Å². The van der Waals surface area contributed by atoms with Crippen LogP contribution in [-0.2, 0) is 0 Å². The lowest BCUT2D eigenvalue weighted by molar-refractivity contribution is 0.102. The molecule has 0 atom stereocenters. The minimum Gasteiger partial charge on any atom is -0.436 e. The van der Waals surface area contributed by atoms with Gasteiger partial charge in [0.1, 0.15) is 23.0 Å². The lowest BCUT2D eigenvalue weighted by Gasteiger charge is -2.06. The Kier molecular flexibility index (Phi) is 4.69. The van der Waals surface area contributed by atoms with Crippen molar-refractivity contribution >= 4 is 22.7 Å². The van der Waals surface area contributed by atoms with E-state index >= 15 is 0 Å². The van der Waals surface area contributed by atoms with Gasteiger partial charge in [0.15, 0.2) is 5.58 Å². The summed E-state index contributed by atoms with van der Waals surface area (Å²) in [5, 5.41) is 18.9. The van der Waals surface area contributed by atoms with E-state index in [2.05, 4.69) is 25.5 Å². The molecule has 0 bridgehead atoms. The van der Waals surface area contributed by atoms with Gasteiger partial charge < -0.3 is 9.73 Å². The third-order valence-corrected chi connectivity index (χ3v) is 4.97. The monoisotopic (exact) mass is 420 g/mol. The molecule has 5 aromatic rings. The lowest BCUT2D eigenvalue weighted by atomic mass is 10.1. The number of aromatic amines is 1. The quantitative estimate of drug-likeness (QED) is 0.434. The summed E-state index contributed by atoms with van der Waals surface area (Å²) in [5.41, 5.74) is 6.16. The number of rotatable bonds is 4. The van der Waals surface area contributed by atoms with Gasteiger partial charge in [-0.3, -0.25) is 9.89 Å². The Labute approximate surface area is 182 Å². The summed E-state index contributed by atoms with van der Waals surface area (Å²) in [5.74, 6) is 0.178. The Hall–Kier alpha value is -4.77. The highest BCUT2D eigenvalue weighted by Crippen LogP contribution is 2.32. The number of carbonyl (C=O) groups excluding carboxylic acids is 1. The summed E-state index contributed by atoms with van der Waals surface area (Å²) in [6.07, 6.45) is 3.13. The fourth-order valence-electron chi connectivity index (χ4n) is 3.33. The van der Waals surface area contributed by atoms with Crippen LogP contribution in [0.15, 0.2) is 71.4 Å². The number of pyridine rings is 1. The van der Waals surface area contributed by atoms with Crippen LogP contribution in [0.2, 0.25) is 0 Å². The molecule has 0 aliphatic heterocycles. The number of amides is 1. The van der Waals surface area contributed by atoms with Gasteiger partial charge in [0.05, 0.1) is 11.1 Å². The molecule has 2 N–H and O–H groups in total. The van der Waals surface area contributed by atoms with Crippen LogP contribution in [0, 0.1) is 18.3 Å². The van der Waals surface area contributed by atoms with Gasteiger partial charge >= 0.3 is 0 Å². The second kappa shape index (κ2) is 7.81. The topological polar surface area (TPSA) is 120 Å². The minimum absolute atomic E-state index is 0.259. The summed E-state index contributed by atoms with van der Waals surface area (Å²) in [6.45, 7) is 2.01. The van der Waals surface area contributed by atoms with Gasteiger partial charge in [-0.05, 0) is 48.9 Å². The fourth-order valence-corrected chi connectivity index (χ4v) is 3.33. The van der Waals surface area contributed by atoms with Crippen LogP contribution in [0.5, 0.6) is 0 Å². The number of benzene rings is 2. The van der Waals surface area contributed by atoms with Gasteiger partial charge in [-0.25, -0.2) is 9.97 Å². The molecule has 0 radical (unpaired) electrons. The van der Waals surface area contributed by atoms with Gasteiger partial charge in [0, 0.05) is 23.6 Å². The van der Waals surface area contributed by atoms with Gasteiger partial charge in [-0.15, -0.1) is 0 Å². The van der Waals surface area contributed by atoms with E-state index in [0.717, 1.165) is 22.2 Å².